The highest BCUT2D eigenvalue weighted by Gasteiger charge is 2.17. The molecule has 0 bridgehead atoms. The number of anilines is 1. The van der Waals surface area contributed by atoms with Crippen LogP contribution in [0, 0.1) is 17.7 Å². The summed E-state index contributed by atoms with van der Waals surface area (Å²) in [4.78, 5) is 15.2. The number of aromatic nitrogens is 1. The number of hydrogen-bond acceptors (Lipinski definition) is 6. The lowest BCUT2D eigenvalue weighted by molar-refractivity contribution is 0.0693. The van der Waals surface area contributed by atoms with Gasteiger partial charge in [0.05, 0.1) is 15.1 Å². The summed E-state index contributed by atoms with van der Waals surface area (Å²) in [5.41, 5.74) is 1.11. The Bertz CT molecular complexity index is 1520. The van der Waals surface area contributed by atoms with E-state index in [1.54, 1.807) is 0 Å². The second kappa shape index (κ2) is 8.30. The van der Waals surface area contributed by atoms with Crippen molar-refractivity contribution in [1.82, 2.24) is 4.98 Å². The van der Waals surface area contributed by atoms with Gasteiger partial charge >= 0.3 is 5.97 Å². The van der Waals surface area contributed by atoms with Gasteiger partial charge in [0, 0.05) is 11.1 Å². The normalized spacial score (nSPS) is 11.0. The van der Waals surface area contributed by atoms with Gasteiger partial charge in [-0.3, -0.25) is 4.72 Å². The molecule has 0 saturated carbocycles. The summed E-state index contributed by atoms with van der Waals surface area (Å²) < 4.78 is 41.5. The van der Waals surface area contributed by atoms with E-state index in [-0.39, 0.29) is 21.3 Å². The van der Waals surface area contributed by atoms with Crippen LogP contribution < -0.4 is 4.72 Å². The van der Waals surface area contributed by atoms with Gasteiger partial charge in [0.2, 0.25) is 0 Å². The van der Waals surface area contributed by atoms with E-state index in [1.165, 1.54) is 60.7 Å². The van der Waals surface area contributed by atoms with E-state index in [2.05, 4.69) is 21.5 Å². The Kier molecular flexibility index (Phi) is 5.52. The molecule has 0 atom stereocenters. The quantitative estimate of drug-likeness (QED) is 0.389. The first kappa shape index (κ1) is 21.3. The highest BCUT2D eigenvalue weighted by Crippen LogP contribution is 2.28. The standard InChI is InChI=1S/C22H13FN2O5S2/c23-15-6-9-18-20(12-15)31-22(24-18)25-32(29,30)16-7-3-13(4-8-16)1-2-14-5-10-19(26)17(11-14)21(27)28/h3-12,26H,(H,24,25)(H,27,28). The lowest BCUT2D eigenvalue weighted by atomic mass is 10.1. The number of benzene rings is 3. The van der Waals surface area contributed by atoms with Crippen molar-refractivity contribution in [2.75, 3.05) is 4.72 Å². The van der Waals surface area contributed by atoms with Gasteiger partial charge in [-0.25, -0.2) is 22.6 Å². The molecule has 3 aromatic carbocycles. The summed E-state index contributed by atoms with van der Waals surface area (Å²) in [7, 11) is -3.91. The zero-order valence-electron chi connectivity index (χ0n) is 16.0. The summed E-state index contributed by atoms with van der Waals surface area (Å²) in [6.45, 7) is 0. The van der Waals surface area contributed by atoms with Gasteiger partial charge in [-0.05, 0) is 60.7 Å². The molecule has 0 aliphatic heterocycles. The van der Waals surface area contributed by atoms with Crippen molar-refractivity contribution in [2.45, 2.75) is 4.90 Å². The Hall–Kier alpha value is -3.94. The van der Waals surface area contributed by atoms with Gasteiger partial charge in [0.15, 0.2) is 5.13 Å². The lowest BCUT2D eigenvalue weighted by Gasteiger charge is -2.04. The Morgan fingerprint density at radius 3 is 2.41 bits per heavy atom. The van der Waals surface area contributed by atoms with E-state index >= 15 is 0 Å². The monoisotopic (exact) mass is 468 g/mol. The number of aromatic hydroxyl groups is 1. The largest absolute Gasteiger partial charge is 0.507 e. The minimum atomic E-state index is -3.91. The van der Waals surface area contributed by atoms with Crippen molar-refractivity contribution in [1.29, 1.82) is 0 Å². The Labute approximate surface area is 185 Å². The average molecular weight is 468 g/mol. The molecule has 4 rings (SSSR count). The molecule has 0 spiro atoms. The number of halogens is 1. The maximum Gasteiger partial charge on any atom is 0.339 e. The summed E-state index contributed by atoms with van der Waals surface area (Å²) in [5.74, 6) is 3.52. The molecule has 4 aromatic rings. The number of sulfonamides is 1. The molecule has 7 nitrogen and oxygen atoms in total. The summed E-state index contributed by atoms with van der Waals surface area (Å²) in [5, 5.41) is 18.7. The van der Waals surface area contributed by atoms with Crippen molar-refractivity contribution >= 4 is 42.7 Å². The van der Waals surface area contributed by atoms with Crippen LogP contribution in [0.5, 0.6) is 5.75 Å². The molecule has 0 aliphatic carbocycles. The van der Waals surface area contributed by atoms with Crippen LogP contribution in [0.25, 0.3) is 10.2 Å². The highest BCUT2D eigenvalue weighted by molar-refractivity contribution is 7.93. The number of nitrogens with zero attached hydrogens (tertiary/aromatic N) is 1. The van der Waals surface area contributed by atoms with E-state index < -0.39 is 21.8 Å². The van der Waals surface area contributed by atoms with Crippen molar-refractivity contribution in [3.05, 3.63) is 83.2 Å². The van der Waals surface area contributed by atoms with Gasteiger partial charge in [0.25, 0.3) is 10.0 Å². The van der Waals surface area contributed by atoms with E-state index in [4.69, 9.17) is 5.11 Å². The highest BCUT2D eigenvalue weighted by atomic mass is 32.2. The van der Waals surface area contributed by atoms with Crippen LogP contribution in [0.2, 0.25) is 0 Å². The number of carboxylic acid groups (broad SMARTS) is 1. The molecule has 0 radical (unpaired) electrons. The number of carbonyl (C=O) groups is 1. The van der Waals surface area contributed by atoms with E-state index in [0.717, 1.165) is 11.3 Å². The molecule has 3 N–H and O–H groups in total. The van der Waals surface area contributed by atoms with Gasteiger partial charge < -0.3 is 10.2 Å². The Balaban J connectivity index is 1.53. The van der Waals surface area contributed by atoms with Crippen LogP contribution in [-0.4, -0.2) is 29.6 Å². The fourth-order valence-electron chi connectivity index (χ4n) is 2.76. The third kappa shape index (κ3) is 4.54. The van der Waals surface area contributed by atoms with Crippen molar-refractivity contribution in [2.24, 2.45) is 0 Å². The van der Waals surface area contributed by atoms with Crippen LogP contribution >= 0.6 is 11.3 Å². The number of fused-ring (bicyclic) bond motifs is 1. The lowest BCUT2D eigenvalue weighted by Crippen LogP contribution is -2.12. The maximum atomic E-state index is 13.3. The predicted molar refractivity (Wildman–Crippen MR) is 118 cm³/mol. The number of aromatic carboxylic acids is 1. The topological polar surface area (TPSA) is 117 Å². The number of thiazole rings is 1. The van der Waals surface area contributed by atoms with Gasteiger partial charge in [-0.1, -0.05) is 23.2 Å². The Morgan fingerprint density at radius 2 is 1.69 bits per heavy atom. The molecular formula is C22H13FN2O5S2. The molecule has 10 heteroatoms. The van der Waals surface area contributed by atoms with Crippen LogP contribution in [0.4, 0.5) is 9.52 Å². The first-order valence-electron chi connectivity index (χ1n) is 8.98. The van der Waals surface area contributed by atoms with Crippen molar-refractivity contribution < 1.29 is 27.8 Å². The van der Waals surface area contributed by atoms with E-state index in [9.17, 15) is 22.7 Å². The average Bonchev–Trinajstić information content (AvgIpc) is 3.13. The van der Waals surface area contributed by atoms with Crippen molar-refractivity contribution in [3.8, 4) is 17.6 Å². The van der Waals surface area contributed by atoms with Gasteiger partial charge in [-0.2, -0.15) is 0 Å². The first-order valence-corrected chi connectivity index (χ1v) is 11.3. The molecule has 0 unspecified atom stereocenters. The van der Waals surface area contributed by atoms with Crippen LogP contribution in [0.1, 0.15) is 21.5 Å². The zero-order valence-corrected chi connectivity index (χ0v) is 17.7. The number of nitrogens with one attached hydrogen (secondary N) is 1. The fraction of sp³-hybridized carbons (Fsp3) is 0. The summed E-state index contributed by atoms with van der Waals surface area (Å²) >= 11 is 1.02. The third-order valence-electron chi connectivity index (χ3n) is 4.31. The minimum absolute atomic E-state index is 0.00807. The Morgan fingerprint density at radius 1 is 1.00 bits per heavy atom. The molecular weight excluding hydrogens is 455 g/mol. The third-order valence-corrected chi connectivity index (χ3v) is 6.73. The smallest absolute Gasteiger partial charge is 0.339 e. The number of carboxylic acids is 1. The predicted octanol–water partition coefficient (Wildman–Crippen LogP) is 4.04. The number of rotatable bonds is 4. The number of phenols is 1. The van der Waals surface area contributed by atoms with E-state index in [1.807, 2.05) is 0 Å². The van der Waals surface area contributed by atoms with Crippen molar-refractivity contribution in [3.63, 3.8) is 0 Å². The molecule has 0 fully saturated rings. The van der Waals surface area contributed by atoms with Crippen LogP contribution in [-0.2, 0) is 10.0 Å². The second-order valence-corrected chi connectivity index (χ2v) is 9.26. The molecule has 0 amide bonds. The molecule has 1 aromatic heterocycles. The summed E-state index contributed by atoms with van der Waals surface area (Å²) in [6.07, 6.45) is 0. The SMILES string of the molecule is O=C(O)c1cc(C#Cc2ccc(S(=O)(=O)Nc3nc4ccc(F)cc4s3)cc2)ccc1O. The molecule has 0 saturated heterocycles. The van der Waals surface area contributed by atoms with Crippen LogP contribution in [0.15, 0.2) is 65.6 Å². The zero-order chi connectivity index (χ0) is 22.9. The first-order chi connectivity index (χ1) is 15.2. The van der Waals surface area contributed by atoms with E-state index in [0.29, 0.717) is 21.3 Å². The number of hydrogen-bond donors (Lipinski definition) is 3. The molecule has 32 heavy (non-hydrogen) atoms. The van der Waals surface area contributed by atoms with Gasteiger partial charge in [-0.15, -0.1) is 0 Å². The maximum absolute atomic E-state index is 13.3. The summed E-state index contributed by atoms with van der Waals surface area (Å²) in [6, 6.07) is 13.7. The minimum Gasteiger partial charge on any atom is -0.507 e. The molecule has 0 aliphatic rings. The molecule has 160 valence electrons. The van der Waals surface area contributed by atoms with Crippen LogP contribution in [0.3, 0.4) is 0 Å². The molecule has 1 heterocycles. The van der Waals surface area contributed by atoms with Gasteiger partial charge in [0.1, 0.15) is 17.1 Å². The fourth-order valence-corrected chi connectivity index (χ4v) is 4.89. The second-order valence-electron chi connectivity index (χ2n) is 6.55.